The van der Waals surface area contributed by atoms with E-state index >= 15 is 0 Å². The molecule has 0 bridgehead atoms. The number of halogens is 1. The summed E-state index contributed by atoms with van der Waals surface area (Å²) in [6.07, 6.45) is 2.79. The summed E-state index contributed by atoms with van der Waals surface area (Å²) in [5.74, 6) is 0.992. The molecule has 7 heteroatoms. The fraction of sp³-hybridized carbons (Fsp3) is 0.500. The molecule has 3 rings (SSSR count). The second kappa shape index (κ2) is 6.02. The number of anilines is 1. The maximum atomic E-state index is 12.6. The Hall–Kier alpha value is -1.21. The van der Waals surface area contributed by atoms with Gasteiger partial charge in [0.2, 0.25) is 0 Å². The van der Waals surface area contributed by atoms with Crippen LogP contribution in [0.2, 0.25) is 0 Å². The lowest BCUT2D eigenvalue weighted by Crippen LogP contribution is -2.56. The van der Waals surface area contributed by atoms with Crippen LogP contribution in [0.5, 0.6) is 0 Å². The van der Waals surface area contributed by atoms with Gasteiger partial charge in [0.1, 0.15) is 12.1 Å². The molecule has 0 amide bonds. The highest BCUT2D eigenvalue weighted by molar-refractivity contribution is 9.10. The summed E-state index contributed by atoms with van der Waals surface area (Å²) in [7, 11) is -3.08. The van der Waals surface area contributed by atoms with Gasteiger partial charge >= 0.3 is 0 Å². The zero-order valence-electron chi connectivity index (χ0n) is 13.3. The minimum absolute atomic E-state index is 0.175. The number of rotatable bonds is 3. The Morgan fingerprint density at radius 1 is 1.26 bits per heavy atom. The minimum Gasteiger partial charge on any atom is -0.353 e. The summed E-state index contributed by atoms with van der Waals surface area (Å²) in [4.78, 5) is 10.9. The van der Waals surface area contributed by atoms with Gasteiger partial charge in [-0.1, -0.05) is 29.8 Å². The number of benzene rings is 1. The number of nitrogens with zero attached hydrogens (tertiary/aromatic N) is 3. The molecule has 2 heterocycles. The van der Waals surface area contributed by atoms with E-state index in [-0.39, 0.29) is 5.75 Å². The first-order chi connectivity index (χ1) is 10.9. The van der Waals surface area contributed by atoms with Crippen molar-refractivity contribution in [2.45, 2.75) is 31.4 Å². The van der Waals surface area contributed by atoms with E-state index in [0.29, 0.717) is 25.9 Å². The van der Waals surface area contributed by atoms with Crippen molar-refractivity contribution in [3.05, 3.63) is 29.0 Å². The summed E-state index contributed by atoms with van der Waals surface area (Å²) in [5.41, 5.74) is 0.866. The van der Waals surface area contributed by atoms with Crippen molar-refractivity contribution in [1.82, 2.24) is 9.97 Å². The van der Waals surface area contributed by atoms with Crippen molar-refractivity contribution in [3.63, 3.8) is 0 Å². The van der Waals surface area contributed by atoms with E-state index in [1.54, 1.807) is 6.33 Å². The van der Waals surface area contributed by atoms with E-state index in [1.807, 2.05) is 32.0 Å². The van der Waals surface area contributed by atoms with Crippen LogP contribution in [0.3, 0.4) is 0 Å². The molecule has 0 spiro atoms. The van der Waals surface area contributed by atoms with E-state index in [4.69, 9.17) is 0 Å². The van der Waals surface area contributed by atoms with E-state index in [0.717, 1.165) is 21.2 Å². The fourth-order valence-electron chi connectivity index (χ4n) is 3.33. The fourth-order valence-corrected chi connectivity index (χ4v) is 5.82. The predicted octanol–water partition coefficient (Wildman–Crippen LogP) is 3.19. The average molecular weight is 398 g/mol. The molecule has 1 aliphatic heterocycles. The second-order valence-corrected chi connectivity index (χ2v) is 9.41. The van der Waals surface area contributed by atoms with Crippen molar-refractivity contribution >= 4 is 42.5 Å². The molecule has 0 N–H and O–H groups in total. The molecule has 2 aromatic rings. The third-order valence-electron chi connectivity index (χ3n) is 4.93. The number of fused-ring (bicyclic) bond motifs is 1. The maximum Gasteiger partial charge on any atom is 0.159 e. The van der Waals surface area contributed by atoms with Gasteiger partial charge in [-0.25, -0.2) is 18.4 Å². The number of aromatic nitrogens is 2. The number of hydrogen-bond acceptors (Lipinski definition) is 5. The first kappa shape index (κ1) is 16.6. The van der Waals surface area contributed by atoms with E-state index < -0.39 is 14.6 Å². The Bertz CT molecular complexity index is 834. The SMILES string of the molecule is CCC1(CC)CN(c2ncnc3ccc(Br)cc23)CCS1(=O)=O. The van der Waals surface area contributed by atoms with Crippen molar-refractivity contribution < 1.29 is 8.42 Å². The third-order valence-corrected chi connectivity index (χ3v) is 8.17. The first-order valence-corrected chi connectivity index (χ1v) is 10.2. The van der Waals surface area contributed by atoms with E-state index in [2.05, 4.69) is 30.8 Å². The van der Waals surface area contributed by atoms with Gasteiger partial charge in [-0.2, -0.15) is 0 Å². The highest BCUT2D eigenvalue weighted by atomic mass is 79.9. The van der Waals surface area contributed by atoms with Gasteiger partial charge in [-0.05, 0) is 31.0 Å². The lowest BCUT2D eigenvalue weighted by molar-refractivity contribution is 0.458. The van der Waals surface area contributed by atoms with Crippen LogP contribution in [0.4, 0.5) is 5.82 Å². The zero-order valence-corrected chi connectivity index (χ0v) is 15.7. The average Bonchev–Trinajstić information content (AvgIpc) is 2.54. The third kappa shape index (κ3) is 2.74. The first-order valence-electron chi connectivity index (χ1n) is 7.80. The Labute approximate surface area is 145 Å². The van der Waals surface area contributed by atoms with Crippen LogP contribution in [-0.4, -0.2) is 42.0 Å². The minimum atomic E-state index is -3.08. The molecule has 5 nitrogen and oxygen atoms in total. The highest BCUT2D eigenvalue weighted by Crippen LogP contribution is 2.35. The van der Waals surface area contributed by atoms with Crippen LogP contribution in [0.1, 0.15) is 26.7 Å². The maximum absolute atomic E-state index is 12.6. The van der Waals surface area contributed by atoms with Gasteiger partial charge in [-0.3, -0.25) is 0 Å². The van der Waals surface area contributed by atoms with Gasteiger partial charge in [0.05, 0.1) is 16.0 Å². The normalized spacial score (nSPS) is 19.9. The van der Waals surface area contributed by atoms with Gasteiger partial charge < -0.3 is 4.90 Å². The highest BCUT2D eigenvalue weighted by Gasteiger charge is 2.45. The summed E-state index contributed by atoms with van der Waals surface area (Å²) in [5, 5.41) is 0.947. The van der Waals surface area contributed by atoms with Crippen molar-refractivity contribution in [3.8, 4) is 0 Å². The molecule has 124 valence electrons. The van der Waals surface area contributed by atoms with Gasteiger partial charge in [0, 0.05) is 22.9 Å². The lowest BCUT2D eigenvalue weighted by atomic mass is 10.0. The number of hydrogen-bond donors (Lipinski definition) is 0. The Morgan fingerprint density at radius 2 is 2.00 bits per heavy atom. The molecular weight excluding hydrogens is 378 g/mol. The number of sulfone groups is 1. The quantitative estimate of drug-likeness (QED) is 0.795. The lowest BCUT2D eigenvalue weighted by Gasteiger charge is -2.42. The summed E-state index contributed by atoms with van der Waals surface area (Å²) in [6, 6.07) is 5.88. The van der Waals surface area contributed by atoms with E-state index in [1.165, 1.54) is 0 Å². The van der Waals surface area contributed by atoms with Gasteiger partial charge in [-0.15, -0.1) is 0 Å². The Kier molecular flexibility index (Phi) is 4.35. The van der Waals surface area contributed by atoms with Crippen molar-refractivity contribution in [1.29, 1.82) is 0 Å². The molecule has 0 atom stereocenters. The molecule has 1 aliphatic rings. The van der Waals surface area contributed by atoms with Gasteiger partial charge in [0.15, 0.2) is 9.84 Å². The molecule has 1 aromatic heterocycles. The van der Waals surface area contributed by atoms with E-state index in [9.17, 15) is 8.42 Å². The van der Waals surface area contributed by atoms with Crippen molar-refractivity contribution in [2.75, 3.05) is 23.7 Å². The van der Waals surface area contributed by atoms with Crippen LogP contribution < -0.4 is 4.90 Å². The van der Waals surface area contributed by atoms with Crippen LogP contribution in [0.15, 0.2) is 29.0 Å². The van der Waals surface area contributed by atoms with Gasteiger partial charge in [0.25, 0.3) is 0 Å². The molecule has 0 aliphatic carbocycles. The summed E-state index contributed by atoms with van der Waals surface area (Å²) in [6.45, 7) is 4.88. The van der Waals surface area contributed by atoms with Crippen LogP contribution >= 0.6 is 15.9 Å². The molecule has 0 unspecified atom stereocenters. The van der Waals surface area contributed by atoms with Crippen LogP contribution in [-0.2, 0) is 9.84 Å². The van der Waals surface area contributed by atoms with Crippen LogP contribution in [0.25, 0.3) is 10.9 Å². The second-order valence-electron chi connectivity index (χ2n) is 5.99. The molecule has 23 heavy (non-hydrogen) atoms. The topological polar surface area (TPSA) is 63.2 Å². The smallest absolute Gasteiger partial charge is 0.159 e. The molecule has 1 saturated heterocycles. The molecule has 0 radical (unpaired) electrons. The monoisotopic (exact) mass is 397 g/mol. The van der Waals surface area contributed by atoms with Crippen molar-refractivity contribution in [2.24, 2.45) is 0 Å². The Morgan fingerprint density at radius 3 is 2.70 bits per heavy atom. The Balaban J connectivity index is 2.08. The molecule has 0 saturated carbocycles. The molecule has 1 fully saturated rings. The zero-order chi connectivity index (χ0) is 16.7. The summed E-state index contributed by atoms with van der Waals surface area (Å²) < 4.78 is 25.5. The molecule has 1 aromatic carbocycles. The largest absolute Gasteiger partial charge is 0.353 e. The molecular formula is C16H20BrN3O2S. The van der Waals surface area contributed by atoms with Crippen LogP contribution in [0, 0.1) is 0 Å². The summed E-state index contributed by atoms with van der Waals surface area (Å²) >= 11 is 3.49. The standard InChI is InChI=1S/C16H20BrN3O2S/c1-3-16(4-2)10-20(7-8-23(16,21)22)15-13-9-12(17)5-6-14(13)18-11-19-15/h5-6,9,11H,3-4,7-8,10H2,1-2H3. The predicted molar refractivity (Wildman–Crippen MR) is 96.6 cm³/mol.